The molecule has 4 heterocycles. The summed E-state index contributed by atoms with van der Waals surface area (Å²) in [6.45, 7) is 4.28. The summed E-state index contributed by atoms with van der Waals surface area (Å²) in [6, 6.07) is 28.2. The molecule has 10 rings (SSSR count). The third-order valence-electron chi connectivity index (χ3n) is 14.8. The second kappa shape index (κ2) is 18.4. The highest BCUT2D eigenvalue weighted by molar-refractivity contribution is 5.89. The Labute approximate surface area is 374 Å². The highest BCUT2D eigenvalue weighted by atomic mass is 16.2. The summed E-state index contributed by atoms with van der Waals surface area (Å²) < 4.78 is 0. The summed E-state index contributed by atoms with van der Waals surface area (Å²) in [4.78, 5) is 65.6. The highest BCUT2D eigenvalue weighted by Gasteiger charge is 2.54. The molecule has 4 aliphatic carbocycles. The molecule has 332 valence electrons. The lowest BCUT2D eigenvalue weighted by Crippen LogP contribution is -2.46. The first-order chi connectivity index (χ1) is 31.1. The number of fused-ring (bicyclic) bond motifs is 2. The number of nitrogens with one attached hydrogen (secondary N) is 6. The van der Waals surface area contributed by atoms with Crippen molar-refractivity contribution in [1.82, 2.24) is 41.2 Å². The molecule has 4 aliphatic rings. The first kappa shape index (κ1) is 43.0. The zero-order chi connectivity index (χ0) is 44.3. The number of aromatic nitrogens is 4. The van der Waals surface area contributed by atoms with E-state index < -0.39 is 12.1 Å². The van der Waals surface area contributed by atoms with Gasteiger partial charge in [-0.2, -0.15) is 0 Å². The van der Waals surface area contributed by atoms with Crippen molar-refractivity contribution in [3.8, 4) is 0 Å². The zero-order valence-electron chi connectivity index (χ0n) is 36.9. The summed E-state index contributed by atoms with van der Waals surface area (Å²) >= 11 is 0. The minimum absolute atomic E-state index is 0.00218. The van der Waals surface area contributed by atoms with E-state index in [1.165, 1.54) is 36.8 Å². The number of hydrogen-bond donors (Lipinski definition) is 6. The predicted octanol–water partition coefficient (Wildman–Crippen LogP) is 7.66. The van der Waals surface area contributed by atoms with Crippen LogP contribution in [0, 0.1) is 23.7 Å². The lowest BCUT2D eigenvalue weighted by Gasteiger charge is -2.24. The molecule has 4 aromatic heterocycles. The number of carbonyl (C=O) groups is 4. The van der Waals surface area contributed by atoms with Crippen molar-refractivity contribution in [3.63, 3.8) is 0 Å². The molecule has 64 heavy (non-hydrogen) atoms. The molecule has 0 bridgehead atoms. The first-order valence-corrected chi connectivity index (χ1v) is 23.2. The third kappa shape index (κ3) is 9.32. The molecule has 12 nitrogen and oxygen atoms in total. The van der Waals surface area contributed by atoms with E-state index in [0.29, 0.717) is 24.9 Å². The number of amides is 4. The normalized spacial score (nSPS) is 22.4. The van der Waals surface area contributed by atoms with Crippen molar-refractivity contribution < 1.29 is 19.2 Å². The summed E-state index contributed by atoms with van der Waals surface area (Å²) in [5.74, 6) is 0.782. The number of benzene rings is 2. The molecule has 0 saturated heterocycles. The van der Waals surface area contributed by atoms with Gasteiger partial charge in [-0.05, 0) is 136 Å². The minimum atomic E-state index is -0.559. The SMILES string of the molecule is C[C@H](NC(=O)[C@@H]1CC[C@@H](C2(c3ccccc3)CC2)C1)C(=O)NCc1cc2cnccc2[nH]1.C[C@H](NC(=O)[C@@H]1CC[C@@H](C2(c3ccccc3)CC2)C1)C(=O)NCc1cc2cnccc2[nH]1. The minimum Gasteiger partial charge on any atom is -0.357 e. The fourth-order valence-electron chi connectivity index (χ4n) is 10.8. The van der Waals surface area contributed by atoms with Gasteiger partial charge in [0, 0.05) is 69.8 Å². The van der Waals surface area contributed by atoms with Gasteiger partial charge in [-0.25, -0.2) is 0 Å². The van der Waals surface area contributed by atoms with E-state index in [1.807, 2.05) is 24.3 Å². The monoisotopic (exact) mass is 860 g/mol. The van der Waals surface area contributed by atoms with Crippen LogP contribution in [-0.4, -0.2) is 55.6 Å². The van der Waals surface area contributed by atoms with Gasteiger partial charge in [0.05, 0.1) is 13.1 Å². The van der Waals surface area contributed by atoms with Crippen LogP contribution in [0.15, 0.2) is 110 Å². The van der Waals surface area contributed by atoms with Crippen LogP contribution in [0.4, 0.5) is 0 Å². The van der Waals surface area contributed by atoms with Crippen molar-refractivity contribution in [2.24, 2.45) is 23.7 Å². The number of carbonyl (C=O) groups excluding carboxylic acids is 4. The van der Waals surface area contributed by atoms with Crippen LogP contribution < -0.4 is 21.3 Å². The summed E-state index contributed by atoms with van der Waals surface area (Å²) in [5, 5.41) is 13.7. The average molecular weight is 861 g/mol. The number of H-pyrrole nitrogens is 2. The Hall–Kier alpha value is -6.30. The Kier molecular flexibility index (Phi) is 12.4. The summed E-state index contributed by atoms with van der Waals surface area (Å²) in [6.07, 6.45) is 17.7. The number of rotatable bonds is 14. The largest absolute Gasteiger partial charge is 0.357 e. The van der Waals surface area contributed by atoms with Crippen molar-refractivity contribution >= 4 is 45.4 Å². The summed E-state index contributed by atoms with van der Waals surface area (Å²) in [5.41, 5.74) is 7.19. The smallest absolute Gasteiger partial charge is 0.242 e. The first-order valence-electron chi connectivity index (χ1n) is 23.2. The lowest BCUT2D eigenvalue weighted by atomic mass is 9.81. The molecular weight excluding hydrogens is 801 g/mol. The van der Waals surface area contributed by atoms with Crippen molar-refractivity contribution in [3.05, 3.63) is 132 Å². The van der Waals surface area contributed by atoms with Gasteiger partial charge in [0.25, 0.3) is 0 Å². The molecule has 4 saturated carbocycles. The second-order valence-corrected chi connectivity index (χ2v) is 18.9. The molecule has 6 aromatic rings. The number of nitrogens with zero attached hydrogens (tertiary/aromatic N) is 2. The van der Waals surface area contributed by atoms with Gasteiger partial charge in [0.15, 0.2) is 0 Å². The van der Waals surface area contributed by atoms with Gasteiger partial charge in [0.2, 0.25) is 23.6 Å². The third-order valence-corrected chi connectivity index (χ3v) is 14.8. The maximum Gasteiger partial charge on any atom is 0.242 e. The van der Waals surface area contributed by atoms with Gasteiger partial charge in [-0.15, -0.1) is 0 Å². The maximum atomic E-state index is 12.9. The average Bonchev–Trinajstić information content (AvgIpc) is 3.98. The van der Waals surface area contributed by atoms with Gasteiger partial charge in [-0.1, -0.05) is 60.7 Å². The Balaban J connectivity index is 0.000000162. The Morgan fingerprint density at radius 1 is 0.594 bits per heavy atom. The van der Waals surface area contributed by atoms with Gasteiger partial charge in [0.1, 0.15) is 12.1 Å². The Bertz CT molecular complexity index is 2350. The molecule has 0 spiro atoms. The molecule has 6 N–H and O–H groups in total. The quantitative estimate of drug-likeness (QED) is 0.0656. The van der Waals surface area contributed by atoms with E-state index in [2.05, 4.69) is 102 Å². The molecule has 0 aliphatic heterocycles. The molecule has 4 fully saturated rings. The van der Waals surface area contributed by atoms with E-state index >= 15 is 0 Å². The van der Waals surface area contributed by atoms with E-state index in [-0.39, 0.29) is 46.3 Å². The number of hydrogen-bond acceptors (Lipinski definition) is 6. The second-order valence-electron chi connectivity index (χ2n) is 18.9. The Morgan fingerprint density at radius 2 is 1.00 bits per heavy atom. The molecule has 0 unspecified atom stereocenters. The van der Waals surface area contributed by atoms with Crippen LogP contribution in [0.1, 0.15) is 101 Å². The highest BCUT2D eigenvalue weighted by Crippen LogP contribution is 2.60. The maximum absolute atomic E-state index is 12.9. The van der Waals surface area contributed by atoms with Gasteiger partial charge >= 0.3 is 0 Å². The fraction of sp³-hybridized carbons (Fsp3) is 0.423. The fourth-order valence-corrected chi connectivity index (χ4v) is 10.8. The van der Waals surface area contributed by atoms with Crippen LogP contribution in [0.25, 0.3) is 21.8 Å². The van der Waals surface area contributed by atoms with Crippen molar-refractivity contribution in [1.29, 1.82) is 0 Å². The molecule has 0 radical (unpaired) electrons. The summed E-state index contributed by atoms with van der Waals surface area (Å²) in [7, 11) is 0. The predicted molar refractivity (Wildman–Crippen MR) is 247 cm³/mol. The molecule has 2 aromatic carbocycles. The van der Waals surface area contributed by atoms with Crippen molar-refractivity contribution in [2.75, 3.05) is 0 Å². The van der Waals surface area contributed by atoms with Crippen LogP contribution >= 0.6 is 0 Å². The number of aromatic amines is 2. The van der Waals surface area contributed by atoms with Gasteiger partial charge in [-0.3, -0.25) is 29.1 Å². The van der Waals surface area contributed by atoms with Crippen molar-refractivity contribution in [2.45, 2.75) is 114 Å². The standard InChI is InChI=1S/2C26H30N4O2/c2*1-17(24(31)28-16-22-14-19-15-27-12-9-23(19)30-22)29-25(32)18-7-8-21(13-18)26(10-11-26)20-5-3-2-4-6-20/h2*2-6,9,12,14-15,17-18,21,30H,7-8,10-11,13,16H2,1H3,(H,28,31)(H,29,32)/t2*17-,18+,21+/m00/s1. The van der Waals surface area contributed by atoms with E-state index in [0.717, 1.165) is 71.7 Å². The van der Waals surface area contributed by atoms with E-state index in [4.69, 9.17) is 0 Å². The van der Waals surface area contributed by atoms with E-state index in [1.54, 1.807) is 38.6 Å². The topological polar surface area (TPSA) is 174 Å². The number of pyridine rings is 2. The van der Waals surface area contributed by atoms with Crippen LogP contribution in [0.5, 0.6) is 0 Å². The molecular formula is C52H60N8O4. The van der Waals surface area contributed by atoms with Gasteiger partial charge < -0.3 is 31.2 Å². The zero-order valence-corrected chi connectivity index (χ0v) is 36.9. The molecule has 12 heteroatoms. The Morgan fingerprint density at radius 3 is 1.38 bits per heavy atom. The van der Waals surface area contributed by atoms with Crippen LogP contribution in [0.2, 0.25) is 0 Å². The van der Waals surface area contributed by atoms with Crippen LogP contribution in [0.3, 0.4) is 0 Å². The lowest BCUT2D eigenvalue weighted by molar-refractivity contribution is -0.130. The molecule has 6 atom stereocenters. The van der Waals surface area contributed by atoms with Crippen LogP contribution in [-0.2, 0) is 43.1 Å². The van der Waals surface area contributed by atoms with E-state index in [9.17, 15) is 19.2 Å². The molecule has 4 amide bonds.